The van der Waals surface area contributed by atoms with Crippen LogP contribution in [0.1, 0.15) is 11.6 Å². The van der Waals surface area contributed by atoms with Crippen molar-refractivity contribution >= 4 is 24.0 Å². The van der Waals surface area contributed by atoms with Crippen molar-refractivity contribution in [3.63, 3.8) is 0 Å². The molecule has 5 nitrogen and oxygen atoms in total. The highest BCUT2D eigenvalue weighted by Crippen LogP contribution is 2.29. The molecule has 0 aliphatic heterocycles. The number of carboxylic acids is 1. The van der Waals surface area contributed by atoms with E-state index in [1.54, 1.807) is 12.1 Å². The van der Waals surface area contributed by atoms with Crippen LogP contribution in [0, 0.1) is 0 Å². The number of benzene rings is 1. The molecule has 0 saturated heterocycles. The molecule has 0 aliphatic carbocycles. The summed E-state index contributed by atoms with van der Waals surface area (Å²) < 4.78 is 4.96. The summed E-state index contributed by atoms with van der Waals surface area (Å²) in [5, 5.41) is 9.37. The van der Waals surface area contributed by atoms with Crippen molar-refractivity contribution in [1.82, 2.24) is 4.90 Å². The van der Waals surface area contributed by atoms with Gasteiger partial charge in [0, 0.05) is 7.05 Å². The number of methoxy groups -OCH3 is 1. The highest BCUT2D eigenvalue weighted by Gasteiger charge is 2.24. The van der Waals surface area contributed by atoms with Gasteiger partial charge in [-0.3, -0.25) is 4.79 Å². The zero-order valence-corrected chi connectivity index (χ0v) is 10.1. The van der Waals surface area contributed by atoms with Crippen molar-refractivity contribution in [3.8, 4) is 5.75 Å². The number of nitrogens with zero attached hydrogens (tertiary/aromatic N) is 1. The number of carbonyl (C=O) groups excluding carboxylic acids is 1. The van der Waals surface area contributed by atoms with Gasteiger partial charge in [-0.25, -0.2) is 4.79 Å². The molecule has 0 aromatic heterocycles. The molecule has 0 saturated carbocycles. The Labute approximate surface area is 104 Å². The van der Waals surface area contributed by atoms with E-state index in [2.05, 4.69) is 0 Å². The first-order valence-electron chi connectivity index (χ1n) is 4.74. The van der Waals surface area contributed by atoms with Crippen LogP contribution in [0.5, 0.6) is 5.75 Å². The van der Waals surface area contributed by atoms with Gasteiger partial charge in [0.2, 0.25) is 6.41 Å². The number of halogens is 1. The Morgan fingerprint density at radius 2 is 2.24 bits per heavy atom. The molecule has 6 heteroatoms. The van der Waals surface area contributed by atoms with Gasteiger partial charge in [0.1, 0.15) is 5.75 Å². The van der Waals surface area contributed by atoms with Crippen LogP contribution >= 0.6 is 11.6 Å². The van der Waals surface area contributed by atoms with E-state index in [1.165, 1.54) is 20.2 Å². The van der Waals surface area contributed by atoms with Gasteiger partial charge in [-0.15, -0.1) is 0 Å². The largest absolute Gasteiger partial charge is 0.495 e. The number of hydrogen-bond donors (Lipinski definition) is 1. The van der Waals surface area contributed by atoms with Gasteiger partial charge in [0.15, 0.2) is 6.04 Å². The first-order valence-corrected chi connectivity index (χ1v) is 5.12. The monoisotopic (exact) mass is 257 g/mol. The van der Waals surface area contributed by atoms with Crippen molar-refractivity contribution in [3.05, 3.63) is 28.8 Å². The summed E-state index contributed by atoms with van der Waals surface area (Å²) in [5.74, 6) is -0.672. The fourth-order valence-corrected chi connectivity index (χ4v) is 1.73. The van der Waals surface area contributed by atoms with Gasteiger partial charge in [-0.05, 0) is 17.7 Å². The lowest BCUT2D eigenvalue weighted by Crippen LogP contribution is -2.29. The van der Waals surface area contributed by atoms with Crippen LogP contribution in [0.2, 0.25) is 5.02 Å². The fourth-order valence-electron chi connectivity index (χ4n) is 1.47. The molecule has 92 valence electrons. The number of amides is 1. The number of carboxylic acid groups (broad SMARTS) is 1. The zero-order chi connectivity index (χ0) is 13.0. The summed E-state index contributed by atoms with van der Waals surface area (Å²) in [7, 11) is 2.86. The highest BCUT2D eigenvalue weighted by molar-refractivity contribution is 6.32. The summed E-state index contributed by atoms with van der Waals surface area (Å²) in [6.45, 7) is 0. The molecule has 0 heterocycles. The summed E-state index contributed by atoms with van der Waals surface area (Å²) in [5.41, 5.74) is 0.415. The maximum atomic E-state index is 11.1. The minimum atomic E-state index is -1.12. The van der Waals surface area contributed by atoms with Gasteiger partial charge in [-0.2, -0.15) is 0 Å². The molecule has 17 heavy (non-hydrogen) atoms. The van der Waals surface area contributed by atoms with Gasteiger partial charge in [0.05, 0.1) is 12.1 Å². The quantitative estimate of drug-likeness (QED) is 0.813. The normalized spacial score (nSPS) is 11.7. The summed E-state index contributed by atoms with van der Waals surface area (Å²) >= 11 is 5.90. The van der Waals surface area contributed by atoms with E-state index in [0.717, 1.165) is 4.90 Å². The predicted molar refractivity (Wildman–Crippen MR) is 62.2 cm³/mol. The first kappa shape index (κ1) is 13.3. The minimum Gasteiger partial charge on any atom is -0.495 e. The Kier molecular flexibility index (Phi) is 4.34. The third kappa shape index (κ3) is 2.88. The molecule has 1 rings (SSSR count). The molecule has 0 aliphatic rings. The molecule has 1 aromatic rings. The lowest BCUT2D eigenvalue weighted by atomic mass is 10.1. The number of likely N-dealkylation sites (N-methyl/N-ethyl adjacent to an activating group) is 1. The Morgan fingerprint density at radius 1 is 1.59 bits per heavy atom. The van der Waals surface area contributed by atoms with Crippen molar-refractivity contribution in [2.45, 2.75) is 6.04 Å². The molecular formula is C11H12ClNO4. The second-order valence-corrected chi connectivity index (χ2v) is 3.81. The average Bonchev–Trinajstić information content (AvgIpc) is 2.28. The minimum absolute atomic E-state index is 0.301. The summed E-state index contributed by atoms with van der Waals surface area (Å²) in [6, 6.07) is 3.53. The lowest BCUT2D eigenvalue weighted by molar-refractivity contribution is -0.145. The van der Waals surface area contributed by atoms with E-state index in [-0.39, 0.29) is 0 Å². The predicted octanol–water partition coefficient (Wildman–Crippen LogP) is 1.56. The SMILES string of the molecule is COc1ccc(C(C(=O)O)N(C)C=O)cc1Cl. The number of rotatable bonds is 5. The maximum absolute atomic E-state index is 11.1. The lowest BCUT2D eigenvalue weighted by Gasteiger charge is -2.21. The molecule has 1 N–H and O–H groups in total. The second kappa shape index (κ2) is 5.54. The van der Waals surface area contributed by atoms with Crippen LogP contribution < -0.4 is 4.74 Å². The van der Waals surface area contributed by atoms with Crippen molar-refractivity contribution in [2.24, 2.45) is 0 Å². The van der Waals surface area contributed by atoms with E-state index >= 15 is 0 Å². The molecule has 0 radical (unpaired) electrons. The van der Waals surface area contributed by atoms with Crippen molar-refractivity contribution in [1.29, 1.82) is 0 Å². The number of ether oxygens (including phenoxy) is 1. The van der Waals surface area contributed by atoms with Crippen LogP contribution in [0.25, 0.3) is 0 Å². The second-order valence-electron chi connectivity index (χ2n) is 3.41. The van der Waals surface area contributed by atoms with E-state index in [4.69, 9.17) is 21.4 Å². The highest BCUT2D eigenvalue weighted by atomic mass is 35.5. The van der Waals surface area contributed by atoms with Gasteiger partial charge >= 0.3 is 5.97 Å². The number of aliphatic carboxylic acids is 1. The standard InChI is InChI=1S/C11H12ClNO4/c1-13(6-14)10(11(15)16)7-3-4-9(17-2)8(12)5-7/h3-6,10H,1-2H3,(H,15,16). The Hall–Kier alpha value is -1.75. The molecule has 1 unspecified atom stereocenters. The van der Waals surface area contributed by atoms with Gasteiger partial charge < -0.3 is 14.7 Å². The summed E-state index contributed by atoms with van der Waals surface area (Å²) in [4.78, 5) is 22.8. The molecule has 1 aromatic carbocycles. The maximum Gasteiger partial charge on any atom is 0.331 e. The number of carbonyl (C=O) groups is 2. The van der Waals surface area contributed by atoms with E-state index in [9.17, 15) is 9.59 Å². The first-order chi connectivity index (χ1) is 8.01. The molecule has 1 amide bonds. The van der Waals surface area contributed by atoms with Gasteiger partial charge in [-0.1, -0.05) is 17.7 Å². The van der Waals surface area contributed by atoms with E-state index < -0.39 is 12.0 Å². The molecule has 1 atom stereocenters. The van der Waals surface area contributed by atoms with Crippen molar-refractivity contribution < 1.29 is 19.4 Å². The van der Waals surface area contributed by atoms with Crippen LogP contribution in [0.15, 0.2) is 18.2 Å². The van der Waals surface area contributed by atoms with Crippen molar-refractivity contribution in [2.75, 3.05) is 14.2 Å². The Morgan fingerprint density at radius 3 is 2.65 bits per heavy atom. The molecule has 0 bridgehead atoms. The molecular weight excluding hydrogens is 246 g/mol. The van der Waals surface area contributed by atoms with E-state index in [1.807, 2.05) is 0 Å². The average molecular weight is 258 g/mol. The Bertz CT molecular complexity index is 435. The summed E-state index contributed by atoms with van der Waals surface area (Å²) in [6.07, 6.45) is 0.455. The van der Waals surface area contributed by atoms with Crippen LogP contribution in [0.4, 0.5) is 0 Å². The van der Waals surface area contributed by atoms with Gasteiger partial charge in [0.25, 0.3) is 0 Å². The third-order valence-electron chi connectivity index (χ3n) is 2.30. The topological polar surface area (TPSA) is 66.8 Å². The van der Waals surface area contributed by atoms with E-state index in [0.29, 0.717) is 22.7 Å². The smallest absolute Gasteiger partial charge is 0.331 e. The zero-order valence-electron chi connectivity index (χ0n) is 9.38. The van der Waals surface area contributed by atoms with Crippen LogP contribution in [0.3, 0.4) is 0 Å². The Balaban J connectivity index is 3.15. The molecule has 0 spiro atoms. The van der Waals surface area contributed by atoms with Crippen LogP contribution in [-0.2, 0) is 9.59 Å². The third-order valence-corrected chi connectivity index (χ3v) is 2.59. The number of hydrogen-bond acceptors (Lipinski definition) is 3. The fraction of sp³-hybridized carbons (Fsp3) is 0.273. The van der Waals surface area contributed by atoms with Crippen LogP contribution in [-0.4, -0.2) is 36.5 Å². The molecule has 0 fully saturated rings.